The van der Waals surface area contributed by atoms with Crippen LogP contribution in [0.4, 0.5) is 10.1 Å². The average Bonchev–Trinajstić information content (AvgIpc) is 3.23. The summed E-state index contributed by atoms with van der Waals surface area (Å²) < 4.78 is 26.2. The van der Waals surface area contributed by atoms with Crippen molar-refractivity contribution in [1.29, 1.82) is 0 Å². The summed E-state index contributed by atoms with van der Waals surface area (Å²) in [5.74, 6) is 2.17. The molecule has 0 aliphatic carbocycles. The summed E-state index contributed by atoms with van der Waals surface area (Å²) in [5.41, 5.74) is 0.972. The Morgan fingerprint density at radius 1 is 1.09 bits per heavy atom. The zero-order valence-corrected chi connectivity index (χ0v) is 20.3. The van der Waals surface area contributed by atoms with Gasteiger partial charge >= 0.3 is 0 Å². The molecule has 0 bridgehead atoms. The third-order valence-electron chi connectivity index (χ3n) is 5.74. The molecule has 180 valence electrons. The fraction of sp³-hybridized carbons (Fsp3) is 0.375. The lowest BCUT2D eigenvalue weighted by Crippen LogP contribution is -2.49. The van der Waals surface area contributed by atoms with Crippen molar-refractivity contribution in [3.63, 3.8) is 0 Å². The maximum absolute atomic E-state index is 13.2. The molecule has 2 heterocycles. The Labute approximate surface area is 202 Å². The monoisotopic (exact) mass is 485 g/mol. The molecule has 1 saturated heterocycles. The van der Waals surface area contributed by atoms with Crippen molar-refractivity contribution in [2.24, 2.45) is 7.05 Å². The lowest BCUT2D eigenvalue weighted by molar-refractivity contribution is -0.128. The fourth-order valence-electron chi connectivity index (χ4n) is 3.82. The van der Waals surface area contributed by atoms with Gasteiger partial charge in [-0.15, -0.1) is 10.2 Å². The summed E-state index contributed by atoms with van der Waals surface area (Å²) in [4.78, 5) is 16.8. The first kappa shape index (κ1) is 23.9. The highest BCUT2D eigenvalue weighted by atomic mass is 32.2. The minimum atomic E-state index is -0.325. The maximum atomic E-state index is 13.2. The number of anilines is 1. The highest BCUT2D eigenvalue weighted by Gasteiger charge is 2.23. The molecule has 1 amide bonds. The van der Waals surface area contributed by atoms with Crippen LogP contribution >= 0.6 is 11.8 Å². The van der Waals surface area contributed by atoms with E-state index in [9.17, 15) is 9.18 Å². The van der Waals surface area contributed by atoms with Crippen LogP contribution in [0.15, 0.2) is 53.7 Å². The summed E-state index contributed by atoms with van der Waals surface area (Å²) in [7, 11) is 3.48. The lowest BCUT2D eigenvalue weighted by atomic mass is 10.2. The molecule has 0 radical (unpaired) electrons. The molecule has 1 aliphatic heterocycles. The number of rotatable bonds is 8. The van der Waals surface area contributed by atoms with Gasteiger partial charge in [0.25, 0.3) is 0 Å². The highest BCUT2D eigenvalue weighted by Crippen LogP contribution is 2.26. The van der Waals surface area contributed by atoms with E-state index in [-0.39, 0.29) is 23.6 Å². The molecular formula is C24H28FN5O3S. The number of ether oxygens (including phenoxy) is 2. The third kappa shape index (κ3) is 5.61. The topological polar surface area (TPSA) is 72.7 Å². The van der Waals surface area contributed by atoms with Crippen molar-refractivity contribution >= 4 is 23.4 Å². The highest BCUT2D eigenvalue weighted by molar-refractivity contribution is 7.99. The molecule has 10 heteroatoms. The van der Waals surface area contributed by atoms with Gasteiger partial charge in [0.1, 0.15) is 17.3 Å². The summed E-state index contributed by atoms with van der Waals surface area (Å²) in [6, 6.07) is 13.9. The number of hydrogen-bond acceptors (Lipinski definition) is 7. The van der Waals surface area contributed by atoms with Crippen LogP contribution in [0.5, 0.6) is 11.5 Å². The first-order valence-electron chi connectivity index (χ1n) is 11.1. The second-order valence-electron chi connectivity index (χ2n) is 7.97. The quantitative estimate of drug-likeness (QED) is 0.452. The van der Waals surface area contributed by atoms with E-state index in [1.165, 1.54) is 23.9 Å². The molecular weight excluding hydrogens is 457 g/mol. The zero-order valence-electron chi connectivity index (χ0n) is 19.5. The SMILES string of the molecule is COc1cccc(OC(C)c2nnc(SCC(=O)N3CCN(c4ccc(F)cc4)CC3)n2C)c1. The Morgan fingerprint density at radius 2 is 1.79 bits per heavy atom. The van der Waals surface area contributed by atoms with Gasteiger partial charge in [-0.25, -0.2) is 4.39 Å². The van der Waals surface area contributed by atoms with E-state index < -0.39 is 0 Å². The second kappa shape index (κ2) is 10.8. The van der Waals surface area contributed by atoms with E-state index in [4.69, 9.17) is 9.47 Å². The van der Waals surface area contributed by atoms with E-state index in [2.05, 4.69) is 15.1 Å². The molecule has 1 aliphatic rings. The first-order chi connectivity index (χ1) is 16.4. The Balaban J connectivity index is 1.28. The first-order valence-corrected chi connectivity index (χ1v) is 12.0. The number of aromatic nitrogens is 3. The van der Waals surface area contributed by atoms with Crippen LogP contribution in [0.1, 0.15) is 18.9 Å². The molecule has 1 aromatic heterocycles. The van der Waals surface area contributed by atoms with Crippen molar-refractivity contribution in [1.82, 2.24) is 19.7 Å². The van der Waals surface area contributed by atoms with Gasteiger partial charge in [-0.05, 0) is 43.3 Å². The van der Waals surface area contributed by atoms with Crippen LogP contribution in [-0.4, -0.2) is 64.6 Å². The number of piperazine rings is 1. The van der Waals surface area contributed by atoms with Gasteiger partial charge < -0.3 is 23.8 Å². The zero-order chi connectivity index (χ0) is 24.1. The van der Waals surface area contributed by atoms with Crippen LogP contribution in [-0.2, 0) is 11.8 Å². The van der Waals surface area contributed by atoms with Gasteiger partial charge in [0.05, 0.1) is 12.9 Å². The average molecular weight is 486 g/mol. The van der Waals surface area contributed by atoms with Crippen molar-refractivity contribution in [3.05, 3.63) is 60.2 Å². The summed E-state index contributed by atoms with van der Waals surface area (Å²) in [6.07, 6.45) is -0.325. The molecule has 0 N–H and O–H groups in total. The van der Waals surface area contributed by atoms with Gasteiger partial charge in [0.2, 0.25) is 5.91 Å². The van der Waals surface area contributed by atoms with Crippen molar-refractivity contribution < 1.29 is 18.7 Å². The molecule has 4 rings (SSSR count). The van der Waals surface area contributed by atoms with E-state index >= 15 is 0 Å². The molecule has 0 spiro atoms. The number of nitrogens with zero attached hydrogens (tertiary/aromatic N) is 5. The van der Waals surface area contributed by atoms with Crippen LogP contribution < -0.4 is 14.4 Å². The molecule has 34 heavy (non-hydrogen) atoms. The normalized spacial score (nSPS) is 14.7. The maximum Gasteiger partial charge on any atom is 0.233 e. The number of hydrogen-bond donors (Lipinski definition) is 0. The Hall–Kier alpha value is -3.27. The van der Waals surface area contributed by atoms with Crippen molar-refractivity contribution in [2.45, 2.75) is 18.2 Å². The summed E-state index contributed by atoms with van der Waals surface area (Å²) in [6.45, 7) is 4.60. The fourth-order valence-corrected chi connectivity index (χ4v) is 4.64. The number of thioether (sulfide) groups is 1. The number of halogens is 1. The molecule has 0 saturated carbocycles. The summed E-state index contributed by atoms with van der Waals surface area (Å²) in [5, 5.41) is 9.18. The van der Waals surface area contributed by atoms with Crippen molar-refractivity contribution in [2.75, 3.05) is 43.9 Å². The third-order valence-corrected chi connectivity index (χ3v) is 6.74. The van der Waals surface area contributed by atoms with Gasteiger partial charge in [0.15, 0.2) is 17.1 Å². The van der Waals surface area contributed by atoms with E-state index in [0.717, 1.165) is 24.5 Å². The Kier molecular flexibility index (Phi) is 7.56. The number of amides is 1. The van der Waals surface area contributed by atoms with Gasteiger partial charge in [-0.3, -0.25) is 4.79 Å². The Morgan fingerprint density at radius 3 is 2.50 bits per heavy atom. The van der Waals surface area contributed by atoms with Gasteiger partial charge in [-0.1, -0.05) is 17.8 Å². The van der Waals surface area contributed by atoms with E-state index in [1.807, 2.05) is 47.7 Å². The standard InChI is InChI=1S/C24H28FN5O3S/c1-17(33-21-6-4-5-20(15-21)32-3)23-26-27-24(28(23)2)34-16-22(31)30-13-11-29(12-14-30)19-9-7-18(25)8-10-19/h4-10,15,17H,11-14,16H2,1-3H3. The molecule has 8 nitrogen and oxygen atoms in total. The largest absolute Gasteiger partial charge is 0.497 e. The van der Waals surface area contributed by atoms with Crippen LogP contribution in [0, 0.1) is 5.82 Å². The predicted molar refractivity (Wildman–Crippen MR) is 129 cm³/mol. The molecule has 2 aromatic carbocycles. The van der Waals surface area contributed by atoms with Crippen LogP contribution in [0.3, 0.4) is 0 Å². The molecule has 1 atom stereocenters. The predicted octanol–water partition coefficient (Wildman–Crippen LogP) is 3.54. The Bertz CT molecular complexity index is 1120. The smallest absolute Gasteiger partial charge is 0.233 e. The molecule has 1 fully saturated rings. The number of methoxy groups -OCH3 is 1. The summed E-state index contributed by atoms with van der Waals surface area (Å²) >= 11 is 1.37. The van der Waals surface area contributed by atoms with E-state index in [1.54, 1.807) is 19.2 Å². The van der Waals surface area contributed by atoms with Crippen LogP contribution in [0.2, 0.25) is 0 Å². The number of benzene rings is 2. The van der Waals surface area contributed by atoms with Gasteiger partial charge in [-0.2, -0.15) is 0 Å². The molecule has 3 aromatic rings. The van der Waals surface area contributed by atoms with Crippen LogP contribution in [0.25, 0.3) is 0 Å². The minimum absolute atomic E-state index is 0.0639. The van der Waals surface area contributed by atoms with Gasteiger partial charge in [0, 0.05) is 45.0 Å². The lowest BCUT2D eigenvalue weighted by Gasteiger charge is -2.36. The van der Waals surface area contributed by atoms with E-state index in [0.29, 0.717) is 29.8 Å². The molecule has 1 unspecified atom stereocenters. The number of carbonyl (C=O) groups is 1. The van der Waals surface area contributed by atoms with Crippen molar-refractivity contribution in [3.8, 4) is 11.5 Å². The number of carbonyl (C=O) groups excluding carboxylic acids is 1. The second-order valence-corrected chi connectivity index (χ2v) is 8.91. The minimum Gasteiger partial charge on any atom is -0.497 e.